The molecule has 1 aromatic carbocycles. The Morgan fingerprint density at radius 3 is 1.76 bits per heavy atom. The van der Waals surface area contributed by atoms with Crippen molar-refractivity contribution in [1.82, 2.24) is 0 Å². The Labute approximate surface area is 257 Å². The minimum absolute atomic E-state index is 0.194. The first kappa shape index (κ1) is 31.8. The molecule has 0 spiro atoms. The Kier molecular flexibility index (Phi) is 8.63. The standard InChI is InChI=1S/C40H68Si/c1-14-18-41(13,38-27(5)25(3)26(4)28(38)6)37-24(2)19-34-35(37)22-29-16-15-17-33(29)36(34)30-20-31(39(7,8)9)23-32(21-30)40(10,11)12/h20-21,23-29,33-38H,14-19,22H2,1-13H3. The third-order valence-corrected chi connectivity index (χ3v) is 21.2. The predicted molar refractivity (Wildman–Crippen MR) is 184 cm³/mol. The van der Waals surface area contributed by atoms with Crippen LogP contribution in [-0.4, -0.2) is 8.07 Å². The van der Waals surface area contributed by atoms with Crippen molar-refractivity contribution >= 4 is 8.07 Å². The first-order chi connectivity index (χ1) is 19.0. The van der Waals surface area contributed by atoms with Gasteiger partial charge < -0.3 is 0 Å². The maximum atomic E-state index is 2.95. The third kappa shape index (κ3) is 5.37. The lowest BCUT2D eigenvalue weighted by atomic mass is 9.61. The van der Waals surface area contributed by atoms with Crippen LogP contribution in [-0.2, 0) is 10.8 Å². The van der Waals surface area contributed by atoms with Crippen LogP contribution in [0, 0.1) is 53.3 Å². The smallest absolute Gasteiger partial charge is 0.0577 e. The van der Waals surface area contributed by atoms with Crippen LogP contribution in [0.25, 0.3) is 0 Å². The second-order valence-corrected chi connectivity index (χ2v) is 23.6. The normalized spacial score (nSPS) is 42.7. The third-order valence-electron chi connectivity index (χ3n) is 14.5. The highest BCUT2D eigenvalue weighted by Crippen LogP contribution is 2.69. The van der Waals surface area contributed by atoms with Gasteiger partial charge in [0.25, 0.3) is 0 Å². The van der Waals surface area contributed by atoms with E-state index in [-0.39, 0.29) is 10.8 Å². The molecule has 0 amide bonds. The van der Waals surface area contributed by atoms with Crippen LogP contribution in [0.15, 0.2) is 18.2 Å². The molecule has 0 aromatic heterocycles. The summed E-state index contributed by atoms with van der Waals surface area (Å²) in [6, 6.07) is 9.55. The van der Waals surface area contributed by atoms with Gasteiger partial charge in [-0.25, -0.2) is 0 Å². The Bertz CT molecular complexity index is 1030. The first-order valence-electron chi connectivity index (χ1n) is 18.2. The monoisotopic (exact) mass is 577 g/mol. The van der Waals surface area contributed by atoms with Crippen molar-refractivity contribution in [3.05, 3.63) is 34.9 Å². The molecule has 41 heavy (non-hydrogen) atoms. The largest absolute Gasteiger partial charge is 0.0687 e. The second kappa shape index (κ2) is 11.1. The zero-order valence-corrected chi connectivity index (χ0v) is 30.6. The van der Waals surface area contributed by atoms with Crippen LogP contribution in [0.4, 0.5) is 0 Å². The van der Waals surface area contributed by atoms with Gasteiger partial charge in [-0.1, -0.05) is 133 Å². The van der Waals surface area contributed by atoms with E-state index in [1.807, 2.05) is 0 Å². The summed E-state index contributed by atoms with van der Waals surface area (Å²) in [5.74, 6) is 9.07. The molecule has 4 aliphatic rings. The fourth-order valence-corrected chi connectivity index (χ4v) is 20.4. The molecule has 0 bridgehead atoms. The average Bonchev–Trinajstić information content (AvgIpc) is 3.52. The van der Waals surface area contributed by atoms with Crippen molar-refractivity contribution < 1.29 is 0 Å². The maximum Gasteiger partial charge on any atom is 0.0577 e. The summed E-state index contributed by atoms with van der Waals surface area (Å²) in [5, 5.41) is 0. The Hall–Kier alpha value is -0.563. The zero-order chi connectivity index (χ0) is 30.2. The van der Waals surface area contributed by atoms with Gasteiger partial charge in [-0.05, 0) is 117 Å². The van der Waals surface area contributed by atoms with Gasteiger partial charge in [0.2, 0.25) is 0 Å². The summed E-state index contributed by atoms with van der Waals surface area (Å²) in [6.07, 6.45) is 8.94. The van der Waals surface area contributed by atoms with Crippen LogP contribution in [0.3, 0.4) is 0 Å². The van der Waals surface area contributed by atoms with Crippen molar-refractivity contribution in [2.45, 2.75) is 162 Å². The quantitative estimate of drug-likeness (QED) is 0.306. The summed E-state index contributed by atoms with van der Waals surface area (Å²) in [7, 11) is -1.52. The number of fused-ring (bicyclic) bond motifs is 2. The van der Waals surface area contributed by atoms with E-state index >= 15 is 0 Å². The molecule has 4 saturated carbocycles. The highest BCUT2D eigenvalue weighted by atomic mass is 28.3. The van der Waals surface area contributed by atoms with Crippen molar-refractivity contribution in [2.24, 2.45) is 53.3 Å². The van der Waals surface area contributed by atoms with Gasteiger partial charge in [-0.3, -0.25) is 0 Å². The molecule has 4 fully saturated rings. The molecule has 4 aliphatic carbocycles. The topological polar surface area (TPSA) is 0 Å². The van der Waals surface area contributed by atoms with Crippen molar-refractivity contribution in [1.29, 1.82) is 0 Å². The van der Waals surface area contributed by atoms with Gasteiger partial charge in [0, 0.05) is 0 Å². The number of hydrogen-bond acceptors (Lipinski definition) is 0. The van der Waals surface area contributed by atoms with Crippen molar-refractivity contribution in [3.8, 4) is 0 Å². The fourth-order valence-electron chi connectivity index (χ4n) is 12.4. The summed E-state index contributed by atoms with van der Waals surface area (Å²) in [5.41, 5.74) is 7.30. The summed E-state index contributed by atoms with van der Waals surface area (Å²) < 4.78 is 0. The minimum atomic E-state index is -1.52. The highest BCUT2D eigenvalue weighted by molar-refractivity contribution is 6.81. The Morgan fingerprint density at radius 2 is 1.24 bits per heavy atom. The van der Waals surface area contributed by atoms with E-state index in [0.29, 0.717) is 0 Å². The van der Waals surface area contributed by atoms with Crippen LogP contribution in [0.5, 0.6) is 0 Å². The van der Waals surface area contributed by atoms with Crippen molar-refractivity contribution in [3.63, 3.8) is 0 Å². The summed E-state index contributed by atoms with van der Waals surface area (Å²) >= 11 is 0. The Morgan fingerprint density at radius 1 is 0.683 bits per heavy atom. The van der Waals surface area contributed by atoms with E-state index in [9.17, 15) is 0 Å². The van der Waals surface area contributed by atoms with E-state index in [4.69, 9.17) is 0 Å². The van der Waals surface area contributed by atoms with Gasteiger partial charge >= 0.3 is 0 Å². The highest BCUT2D eigenvalue weighted by Gasteiger charge is 2.62. The summed E-state index contributed by atoms with van der Waals surface area (Å²) in [6.45, 7) is 33.4. The van der Waals surface area contributed by atoms with E-state index < -0.39 is 8.07 Å². The van der Waals surface area contributed by atoms with Gasteiger partial charge in [0.1, 0.15) is 0 Å². The van der Waals surface area contributed by atoms with Crippen LogP contribution in [0.1, 0.15) is 144 Å². The second-order valence-electron chi connectivity index (χ2n) is 18.7. The van der Waals surface area contributed by atoms with Gasteiger partial charge in [0.05, 0.1) is 8.07 Å². The van der Waals surface area contributed by atoms with Crippen LogP contribution in [0.2, 0.25) is 23.7 Å². The molecule has 1 aromatic rings. The lowest BCUT2D eigenvalue weighted by Crippen LogP contribution is -2.49. The SMILES string of the molecule is CCC[Si](C)(C1C(C)C(C)C(C)C1C)C1C(C)CC2C1CC1CCCC1C2c1cc(C(C)(C)C)cc(C(C)(C)C)c1. The van der Waals surface area contributed by atoms with Gasteiger partial charge in [-0.2, -0.15) is 0 Å². The first-order valence-corrected chi connectivity index (χ1v) is 21.0. The molecule has 12 unspecified atom stereocenters. The molecule has 232 valence electrons. The molecule has 0 heterocycles. The van der Waals surface area contributed by atoms with Crippen LogP contribution >= 0.6 is 0 Å². The van der Waals surface area contributed by atoms with E-state index in [1.54, 1.807) is 29.2 Å². The number of hydrogen-bond donors (Lipinski definition) is 0. The zero-order valence-electron chi connectivity index (χ0n) is 29.6. The lowest BCUT2D eigenvalue weighted by Gasteiger charge is -2.51. The number of rotatable bonds is 5. The predicted octanol–water partition coefficient (Wildman–Crippen LogP) is 12.2. The molecular formula is C40H68Si. The molecule has 1 heteroatoms. The van der Waals surface area contributed by atoms with Gasteiger partial charge in [-0.15, -0.1) is 0 Å². The molecular weight excluding hydrogens is 509 g/mol. The van der Waals surface area contributed by atoms with E-state index in [2.05, 4.69) is 108 Å². The summed E-state index contributed by atoms with van der Waals surface area (Å²) in [4.78, 5) is 0. The molecule has 0 nitrogen and oxygen atoms in total. The molecule has 0 N–H and O–H groups in total. The van der Waals surface area contributed by atoms with Crippen molar-refractivity contribution in [2.75, 3.05) is 0 Å². The molecule has 5 rings (SSSR count). The van der Waals surface area contributed by atoms with E-state index in [0.717, 1.165) is 70.3 Å². The molecule has 12 atom stereocenters. The molecule has 0 radical (unpaired) electrons. The number of benzene rings is 1. The van der Waals surface area contributed by atoms with E-state index in [1.165, 1.54) is 32.1 Å². The van der Waals surface area contributed by atoms with Crippen LogP contribution < -0.4 is 0 Å². The van der Waals surface area contributed by atoms with Gasteiger partial charge in [0.15, 0.2) is 0 Å². The molecule has 0 saturated heterocycles. The Balaban J connectivity index is 1.61. The molecule has 0 aliphatic heterocycles. The maximum absolute atomic E-state index is 2.95. The average molecular weight is 577 g/mol. The minimum Gasteiger partial charge on any atom is -0.0687 e. The lowest BCUT2D eigenvalue weighted by molar-refractivity contribution is 0.120. The fraction of sp³-hybridized carbons (Fsp3) is 0.850.